The normalized spacial score (nSPS) is 24.5. The predicted molar refractivity (Wildman–Crippen MR) is 55.9 cm³/mol. The smallest absolute Gasteiger partial charge is 0.0128 e. The van der Waals surface area contributed by atoms with Gasteiger partial charge < -0.3 is 10.6 Å². The lowest BCUT2D eigenvalue weighted by Crippen LogP contribution is -2.41. The van der Waals surface area contributed by atoms with Gasteiger partial charge in [0.05, 0.1) is 0 Å². The van der Waals surface area contributed by atoms with Crippen LogP contribution >= 0.6 is 25.3 Å². The highest BCUT2D eigenvalue weighted by atomic mass is 32.1. The largest absolute Gasteiger partial charge is 0.315 e. The lowest BCUT2D eigenvalue weighted by molar-refractivity contribution is 0.375. The summed E-state index contributed by atoms with van der Waals surface area (Å²) in [6.07, 6.45) is 0. The van der Waals surface area contributed by atoms with Gasteiger partial charge in [-0.3, -0.25) is 0 Å². The van der Waals surface area contributed by atoms with Crippen LogP contribution in [0.4, 0.5) is 0 Å². The fraction of sp³-hybridized carbons (Fsp3) is 1.00. The lowest BCUT2D eigenvalue weighted by Gasteiger charge is -2.28. The van der Waals surface area contributed by atoms with Crippen LogP contribution in [0, 0.1) is 5.41 Å². The third kappa shape index (κ3) is 2.54. The zero-order valence-corrected chi connectivity index (χ0v) is 8.43. The van der Waals surface area contributed by atoms with Crippen LogP contribution in [0.5, 0.6) is 0 Å². The molecule has 66 valence electrons. The monoisotopic (exact) mass is 192 g/mol. The van der Waals surface area contributed by atoms with E-state index in [0.717, 1.165) is 37.7 Å². The minimum atomic E-state index is 0.253. The highest BCUT2D eigenvalue weighted by molar-refractivity contribution is 7.81. The number of hydrogen-bond acceptors (Lipinski definition) is 4. The van der Waals surface area contributed by atoms with Crippen LogP contribution in [0.2, 0.25) is 0 Å². The molecule has 0 amide bonds. The summed E-state index contributed by atoms with van der Waals surface area (Å²) in [5.74, 6) is 1.80. The molecule has 4 heteroatoms. The van der Waals surface area contributed by atoms with Gasteiger partial charge in [0.25, 0.3) is 0 Å². The molecule has 1 aliphatic heterocycles. The van der Waals surface area contributed by atoms with E-state index in [1.807, 2.05) is 0 Å². The fourth-order valence-corrected chi connectivity index (χ4v) is 2.07. The van der Waals surface area contributed by atoms with E-state index in [-0.39, 0.29) is 5.41 Å². The molecule has 0 aromatic carbocycles. The van der Waals surface area contributed by atoms with Crippen molar-refractivity contribution in [1.82, 2.24) is 10.6 Å². The first kappa shape index (κ1) is 9.71. The van der Waals surface area contributed by atoms with E-state index < -0.39 is 0 Å². The predicted octanol–water partition coefficient (Wildman–Crippen LogP) is 0.0252. The topological polar surface area (TPSA) is 24.1 Å². The molecule has 0 saturated carbocycles. The maximum absolute atomic E-state index is 4.35. The zero-order valence-electron chi connectivity index (χ0n) is 6.64. The maximum Gasteiger partial charge on any atom is 0.0128 e. The van der Waals surface area contributed by atoms with E-state index in [4.69, 9.17) is 0 Å². The number of hydrogen-bond donors (Lipinski definition) is 4. The fourth-order valence-electron chi connectivity index (χ4n) is 1.22. The van der Waals surface area contributed by atoms with E-state index >= 15 is 0 Å². The number of nitrogens with one attached hydrogen (secondary N) is 2. The molecule has 1 rings (SSSR count). The maximum atomic E-state index is 4.35. The van der Waals surface area contributed by atoms with Crippen LogP contribution in [0.1, 0.15) is 0 Å². The Bertz CT molecular complexity index is 105. The van der Waals surface area contributed by atoms with Crippen molar-refractivity contribution in [3.63, 3.8) is 0 Å². The molecular formula is C7H16N2S2. The quantitative estimate of drug-likeness (QED) is 0.464. The van der Waals surface area contributed by atoms with Crippen LogP contribution < -0.4 is 10.6 Å². The van der Waals surface area contributed by atoms with E-state index in [0.29, 0.717) is 0 Å². The first-order valence-electron chi connectivity index (χ1n) is 3.96. The summed E-state index contributed by atoms with van der Waals surface area (Å²) < 4.78 is 0. The highest BCUT2D eigenvalue weighted by Gasteiger charge is 2.27. The van der Waals surface area contributed by atoms with Crippen LogP contribution in [0.3, 0.4) is 0 Å². The Morgan fingerprint density at radius 2 is 1.45 bits per heavy atom. The molecule has 2 N–H and O–H groups in total. The SMILES string of the molecule is SCC1(CS)CNCCNC1. The third-order valence-corrected chi connectivity index (χ3v) is 3.49. The zero-order chi connectivity index (χ0) is 8.16. The van der Waals surface area contributed by atoms with Crippen LogP contribution in [0.15, 0.2) is 0 Å². The third-order valence-electron chi connectivity index (χ3n) is 2.15. The first-order valence-corrected chi connectivity index (χ1v) is 5.23. The second-order valence-electron chi connectivity index (χ2n) is 3.17. The lowest BCUT2D eigenvalue weighted by atomic mass is 9.93. The average Bonchev–Trinajstić information content (AvgIpc) is 2.30. The van der Waals surface area contributed by atoms with Gasteiger partial charge in [-0.05, 0) is 11.5 Å². The molecule has 2 nitrogen and oxygen atoms in total. The summed E-state index contributed by atoms with van der Waals surface area (Å²) in [5, 5.41) is 6.76. The van der Waals surface area contributed by atoms with Crippen LogP contribution in [-0.2, 0) is 0 Å². The number of rotatable bonds is 2. The van der Waals surface area contributed by atoms with Gasteiger partial charge in [-0.25, -0.2) is 0 Å². The highest BCUT2D eigenvalue weighted by Crippen LogP contribution is 2.19. The average molecular weight is 192 g/mol. The number of thiol groups is 2. The van der Waals surface area contributed by atoms with Crippen molar-refractivity contribution < 1.29 is 0 Å². The molecule has 1 fully saturated rings. The van der Waals surface area contributed by atoms with Crippen molar-refractivity contribution >= 4 is 25.3 Å². The molecule has 1 aliphatic rings. The second-order valence-corrected chi connectivity index (χ2v) is 3.80. The Kier molecular flexibility index (Phi) is 4.06. The van der Waals surface area contributed by atoms with Crippen molar-refractivity contribution in [2.45, 2.75) is 0 Å². The summed E-state index contributed by atoms with van der Waals surface area (Å²) >= 11 is 8.70. The minimum absolute atomic E-state index is 0.253. The van der Waals surface area contributed by atoms with Crippen LogP contribution in [0.25, 0.3) is 0 Å². The molecule has 0 aliphatic carbocycles. The first-order chi connectivity index (χ1) is 5.33. The molecule has 0 atom stereocenters. The standard InChI is InChI=1S/C7H16N2S2/c10-5-7(6-11)3-8-1-2-9-4-7/h8-11H,1-6H2. The summed E-state index contributed by atoms with van der Waals surface area (Å²) in [6, 6.07) is 0. The molecule has 0 unspecified atom stereocenters. The van der Waals surface area contributed by atoms with E-state index in [9.17, 15) is 0 Å². The molecule has 0 aromatic rings. The Morgan fingerprint density at radius 3 is 1.82 bits per heavy atom. The Balaban J connectivity index is 2.49. The molecule has 1 heterocycles. The van der Waals surface area contributed by atoms with Crippen LogP contribution in [-0.4, -0.2) is 37.7 Å². The van der Waals surface area contributed by atoms with Crippen molar-refractivity contribution in [3.8, 4) is 0 Å². The molecule has 0 aromatic heterocycles. The van der Waals surface area contributed by atoms with Gasteiger partial charge in [0.2, 0.25) is 0 Å². The summed E-state index contributed by atoms with van der Waals surface area (Å²) in [4.78, 5) is 0. The van der Waals surface area contributed by atoms with E-state index in [1.165, 1.54) is 0 Å². The van der Waals surface area contributed by atoms with Gasteiger partial charge in [-0.15, -0.1) is 0 Å². The van der Waals surface area contributed by atoms with Gasteiger partial charge in [-0.1, -0.05) is 0 Å². The summed E-state index contributed by atoms with van der Waals surface area (Å²) in [5.41, 5.74) is 0.253. The van der Waals surface area contributed by atoms with Gasteiger partial charge in [0, 0.05) is 31.6 Å². The van der Waals surface area contributed by atoms with Crippen molar-refractivity contribution in [2.75, 3.05) is 37.7 Å². The van der Waals surface area contributed by atoms with Gasteiger partial charge in [-0.2, -0.15) is 25.3 Å². The summed E-state index contributed by atoms with van der Waals surface area (Å²) in [7, 11) is 0. The molecule has 1 saturated heterocycles. The molecule has 0 radical (unpaired) electrons. The Hall–Kier alpha value is 0.620. The molecule has 0 bridgehead atoms. The Labute approximate surface area is 79.3 Å². The van der Waals surface area contributed by atoms with Crippen molar-refractivity contribution in [1.29, 1.82) is 0 Å². The minimum Gasteiger partial charge on any atom is -0.315 e. The van der Waals surface area contributed by atoms with Crippen molar-refractivity contribution in [3.05, 3.63) is 0 Å². The molecular weight excluding hydrogens is 176 g/mol. The second kappa shape index (κ2) is 4.60. The molecule has 11 heavy (non-hydrogen) atoms. The van der Waals surface area contributed by atoms with E-state index in [1.54, 1.807) is 0 Å². The molecule has 0 spiro atoms. The van der Waals surface area contributed by atoms with Crippen molar-refractivity contribution in [2.24, 2.45) is 5.41 Å². The summed E-state index contributed by atoms with van der Waals surface area (Å²) in [6.45, 7) is 4.19. The van der Waals surface area contributed by atoms with Gasteiger partial charge >= 0.3 is 0 Å². The van der Waals surface area contributed by atoms with E-state index in [2.05, 4.69) is 35.9 Å². The van der Waals surface area contributed by atoms with Gasteiger partial charge in [0.15, 0.2) is 0 Å². The Morgan fingerprint density at radius 1 is 1.00 bits per heavy atom. The van der Waals surface area contributed by atoms with Gasteiger partial charge in [0.1, 0.15) is 0 Å².